The van der Waals surface area contributed by atoms with Gasteiger partial charge in [0, 0.05) is 24.6 Å². The molecule has 2 aromatic rings. The molecule has 0 N–H and O–H groups in total. The van der Waals surface area contributed by atoms with Gasteiger partial charge < -0.3 is 4.57 Å². The number of likely N-dealkylation sites (tertiary alicyclic amines) is 1. The van der Waals surface area contributed by atoms with Gasteiger partial charge in [-0.3, -0.25) is 4.90 Å². The van der Waals surface area contributed by atoms with Gasteiger partial charge in [0.2, 0.25) is 0 Å². The maximum atomic E-state index is 4.09. The summed E-state index contributed by atoms with van der Waals surface area (Å²) in [5, 5.41) is 0. The number of nitrogens with zero attached hydrogens (tertiary/aromatic N) is 3. The maximum absolute atomic E-state index is 4.09. The second kappa shape index (κ2) is 6.02. The van der Waals surface area contributed by atoms with Crippen molar-refractivity contribution in [2.24, 2.45) is 5.41 Å². The van der Waals surface area contributed by atoms with Crippen LogP contribution in [0.2, 0.25) is 0 Å². The minimum atomic E-state index is 0.571. The number of hydrogen-bond donors (Lipinski definition) is 0. The Morgan fingerprint density at radius 3 is 2.43 bits per heavy atom. The van der Waals surface area contributed by atoms with E-state index >= 15 is 0 Å². The highest BCUT2D eigenvalue weighted by Crippen LogP contribution is 2.34. The van der Waals surface area contributed by atoms with Crippen molar-refractivity contribution in [3.05, 3.63) is 48.5 Å². The molecule has 3 nitrogen and oxygen atoms in total. The summed E-state index contributed by atoms with van der Waals surface area (Å²) in [7, 11) is 0. The van der Waals surface area contributed by atoms with E-state index < -0.39 is 0 Å². The molecule has 3 rings (SSSR count). The molecule has 2 heterocycles. The second-order valence-corrected chi connectivity index (χ2v) is 6.58. The highest BCUT2D eigenvalue weighted by molar-refractivity contribution is 5.34. The molecular formula is C18H25N3. The molecule has 0 atom stereocenters. The molecule has 1 saturated heterocycles. The smallest absolute Gasteiger partial charge is 0.0991 e. The van der Waals surface area contributed by atoms with Gasteiger partial charge in [-0.2, -0.15) is 0 Å². The highest BCUT2D eigenvalue weighted by Gasteiger charge is 2.27. The lowest BCUT2D eigenvalue weighted by atomic mass is 9.78. The lowest BCUT2D eigenvalue weighted by molar-refractivity contribution is 0.109. The number of hydrogen-bond acceptors (Lipinski definition) is 2. The molecular weight excluding hydrogens is 258 g/mol. The number of piperidine rings is 1. The zero-order valence-electron chi connectivity index (χ0n) is 13.1. The fourth-order valence-corrected chi connectivity index (χ4v) is 3.05. The lowest BCUT2D eigenvalue weighted by Crippen LogP contribution is -2.37. The first-order valence-corrected chi connectivity index (χ1v) is 7.98. The molecule has 3 heteroatoms. The van der Waals surface area contributed by atoms with Crippen LogP contribution < -0.4 is 0 Å². The summed E-state index contributed by atoms with van der Waals surface area (Å²) in [6.07, 6.45) is 9.59. The molecule has 0 bridgehead atoms. The summed E-state index contributed by atoms with van der Waals surface area (Å²) in [6, 6.07) is 8.83. The van der Waals surface area contributed by atoms with Crippen LogP contribution >= 0.6 is 0 Å². The standard InChI is InChI=1S/C18H25N3/c1-3-18(2)8-11-20(12-9-18)14-16-4-6-17(7-5-16)21-13-10-19-15-21/h4-7,10,13,15H,3,8-9,11-12,14H2,1-2H3. The Balaban J connectivity index is 1.59. The molecule has 0 radical (unpaired) electrons. The second-order valence-electron chi connectivity index (χ2n) is 6.58. The molecule has 1 fully saturated rings. The van der Waals surface area contributed by atoms with Crippen molar-refractivity contribution in [3.63, 3.8) is 0 Å². The highest BCUT2D eigenvalue weighted by atomic mass is 15.1. The Bertz CT molecular complexity index is 549. The van der Waals surface area contributed by atoms with Gasteiger partial charge in [0.05, 0.1) is 6.33 Å². The Kier molecular flexibility index (Phi) is 4.11. The van der Waals surface area contributed by atoms with E-state index in [2.05, 4.69) is 48.0 Å². The third-order valence-corrected chi connectivity index (χ3v) is 5.06. The summed E-state index contributed by atoms with van der Waals surface area (Å²) in [5.41, 5.74) is 3.15. The molecule has 112 valence electrons. The van der Waals surface area contributed by atoms with E-state index in [0.717, 1.165) is 6.54 Å². The van der Waals surface area contributed by atoms with Gasteiger partial charge in [-0.05, 0) is 49.0 Å². The molecule has 0 unspecified atom stereocenters. The van der Waals surface area contributed by atoms with Crippen molar-refractivity contribution in [3.8, 4) is 5.69 Å². The Hall–Kier alpha value is -1.61. The molecule has 0 spiro atoms. The third kappa shape index (κ3) is 3.35. The van der Waals surface area contributed by atoms with Gasteiger partial charge in [-0.1, -0.05) is 32.4 Å². The Labute approximate surface area is 127 Å². The van der Waals surface area contributed by atoms with E-state index in [1.165, 1.54) is 43.6 Å². The summed E-state index contributed by atoms with van der Waals surface area (Å²) in [6.45, 7) is 8.29. The largest absolute Gasteiger partial charge is 0.306 e. The van der Waals surface area contributed by atoms with Gasteiger partial charge in [-0.25, -0.2) is 4.98 Å². The van der Waals surface area contributed by atoms with Crippen molar-refractivity contribution in [2.45, 2.75) is 39.7 Å². The molecule has 1 aromatic carbocycles. The number of aromatic nitrogens is 2. The Morgan fingerprint density at radius 2 is 1.86 bits per heavy atom. The third-order valence-electron chi connectivity index (χ3n) is 5.06. The summed E-state index contributed by atoms with van der Waals surface area (Å²) >= 11 is 0. The average Bonchev–Trinajstić information content (AvgIpc) is 3.05. The monoisotopic (exact) mass is 283 g/mol. The summed E-state index contributed by atoms with van der Waals surface area (Å²) in [5.74, 6) is 0. The fourth-order valence-electron chi connectivity index (χ4n) is 3.05. The van der Waals surface area contributed by atoms with Gasteiger partial charge in [0.15, 0.2) is 0 Å². The maximum Gasteiger partial charge on any atom is 0.0991 e. The van der Waals surface area contributed by atoms with E-state index in [1.807, 2.05) is 23.3 Å². The van der Waals surface area contributed by atoms with Crippen LogP contribution in [0.25, 0.3) is 5.69 Å². The Morgan fingerprint density at radius 1 is 1.14 bits per heavy atom. The van der Waals surface area contributed by atoms with Crippen molar-refractivity contribution in [1.29, 1.82) is 0 Å². The number of rotatable bonds is 4. The first-order valence-electron chi connectivity index (χ1n) is 7.98. The van der Waals surface area contributed by atoms with Crippen LogP contribution in [0.4, 0.5) is 0 Å². The van der Waals surface area contributed by atoms with Crippen LogP contribution in [0.5, 0.6) is 0 Å². The lowest BCUT2D eigenvalue weighted by Gasteiger charge is -2.39. The molecule has 0 aliphatic carbocycles. The van der Waals surface area contributed by atoms with Crippen LogP contribution in [-0.2, 0) is 6.54 Å². The fraction of sp³-hybridized carbons (Fsp3) is 0.500. The average molecular weight is 283 g/mol. The predicted octanol–water partition coefficient (Wildman–Crippen LogP) is 3.88. The summed E-state index contributed by atoms with van der Waals surface area (Å²) in [4.78, 5) is 6.68. The first kappa shape index (κ1) is 14.3. The molecule has 21 heavy (non-hydrogen) atoms. The van der Waals surface area contributed by atoms with Crippen molar-refractivity contribution in [1.82, 2.24) is 14.5 Å². The van der Waals surface area contributed by atoms with Crippen LogP contribution in [0.1, 0.15) is 38.7 Å². The summed E-state index contributed by atoms with van der Waals surface area (Å²) < 4.78 is 2.04. The predicted molar refractivity (Wildman–Crippen MR) is 86.5 cm³/mol. The van der Waals surface area contributed by atoms with E-state index in [1.54, 1.807) is 0 Å². The van der Waals surface area contributed by atoms with E-state index in [9.17, 15) is 0 Å². The van der Waals surface area contributed by atoms with Gasteiger partial charge in [0.25, 0.3) is 0 Å². The van der Waals surface area contributed by atoms with E-state index in [-0.39, 0.29) is 0 Å². The van der Waals surface area contributed by atoms with Crippen molar-refractivity contribution >= 4 is 0 Å². The minimum Gasteiger partial charge on any atom is -0.306 e. The SMILES string of the molecule is CCC1(C)CCN(Cc2ccc(-n3ccnc3)cc2)CC1. The molecule has 1 aliphatic heterocycles. The molecule has 0 amide bonds. The molecule has 0 saturated carbocycles. The van der Waals surface area contributed by atoms with Crippen molar-refractivity contribution in [2.75, 3.05) is 13.1 Å². The molecule has 1 aliphatic rings. The van der Waals surface area contributed by atoms with Crippen LogP contribution in [0, 0.1) is 5.41 Å². The zero-order valence-corrected chi connectivity index (χ0v) is 13.1. The van der Waals surface area contributed by atoms with Crippen LogP contribution in [0.15, 0.2) is 43.0 Å². The van der Waals surface area contributed by atoms with Crippen LogP contribution in [-0.4, -0.2) is 27.5 Å². The normalized spacial score (nSPS) is 18.8. The van der Waals surface area contributed by atoms with Gasteiger partial charge in [-0.15, -0.1) is 0 Å². The van der Waals surface area contributed by atoms with E-state index in [4.69, 9.17) is 0 Å². The van der Waals surface area contributed by atoms with Crippen LogP contribution in [0.3, 0.4) is 0 Å². The number of imidazole rings is 1. The quantitative estimate of drug-likeness (QED) is 0.849. The van der Waals surface area contributed by atoms with Gasteiger partial charge >= 0.3 is 0 Å². The van der Waals surface area contributed by atoms with Gasteiger partial charge in [0.1, 0.15) is 0 Å². The van der Waals surface area contributed by atoms with Crippen molar-refractivity contribution < 1.29 is 0 Å². The first-order chi connectivity index (χ1) is 10.2. The number of benzene rings is 1. The zero-order chi connectivity index (χ0) is 14.7. The minimum absolute atomic E-state index is 0.571. The van der Waals surface area contributed by atoms with E-state index in [0.29, 0.717) is 5.41 Å². The molecule has 1 aromatic heterocycles. The topological polar surface area (TPSA) is 21.1 Å².